The molecule has 0 saturated carbocycles. The van der Waals surface area contributed by atoms with Gasteiger partial charge in [-0.3, -0.25) is 9.89 Å². The summed E-state index contributed by atoms with van der Waals surface area (Å²) >= 11 is 1.48. The molecule has 0 unspecified atom stereocenters. The number of aromatic amines is 1. The number of Topliss-reactive ketones (excluding diaryl/α,β-unsaturated/α-hetero) is 1. The van der Waals surface area contributed by atoms with Crippen molar-refractivity contribution in [1.29, 1.82) is 0 Å². The number of hydrogen-bond acceptors (Lipinski definition) is 8. The Morgan fingerprint density at radius 2 is 1.83 bits per heavy atom. The number of carbonyl (C=O) groups excluding carboxylic acids is 1. The molecule has 2 aromatic heterocycles. The minimum absolute atomic E-state index is 0.176. The first-order valence-corrected chi connectivity index (χ1v) is 13.3. The van der Waals surface area contributed by atoms with Crippen molar-refractivity contribution in [3.63, 3.8) is 0 Å². The molecule has 8 nitrogen and oxygen atoms in total. The molecule has 36 heavy (non-hydrogen) atoms. The van der Waals surface area contributed by atoms with Gasteiger partial charge in [-0.15, -0.1) is 0 Å². The second-order valence-corrected chi connectivity index (χ2v) is 11.6. The summed E-state index contributed by atoms with van der Waals surface area (Å²) in [5.41, 5.74) is 1.10. The molecule has 192 valence electrons. The van der Waals surface area contributed by atoms with Gasteiger partial charge in [0.25, 0.3) is 0 Å². The molecule has 1 saturated heterocycles. The summed E-state index contributed by atoms with van der Waals surface area (Å²) in [4.78, 5) is 24.6. The lowest BCUT2D eigenvalue weighted by atomic mass is 9.71. The topological polar surface area (TPSA) is 107 Å². The van der Waals surface area contributed by atoms with Gasteiger partial charge in [0.1, 0.15) is 17.4 Å². The SMILES string of the molecule is CCC(=O)Cc1ccc(Sc2nc(Nc3cc(C)[nH]n3)cc(N3CCC(O)(C(C)(C)C)CC3)n2)cc1. The highest BCUT2D eigenvalue weighted by Gasteiger charge is 2.42. The lowest BCUT2D eigenvalue weighted by molar-refractivity contribution is -0.118. The fourth-order valence-corrected chi connectivity index (χ4v) is 5.05. The number of aryl methyl sites for hydroxylation is 1. The number of hydrogen-bond donors (Lipinski definition) is 3. The number of aromatic nitrogens is 4. The van der Waals surface area contributed by atoms with Gasteiger partial charge in [0.05, 0.1) is 5.60 Å². The van der Waals surface area contributed by atoms with Gasteiger partial charge in [0.2, 0.25) is 0 Å². The van der Waals surface area contributed by atoms with E-state index in [1.807, 2.05) is 50.2 Å². The van der Waals surface area contributed by atoms with Crippen LogP contribution in [0.25, 0.3) is 0 Å². The van der Waals surface area contributed by atoms with Crippen molar-refractivity contribution in [3.05, 3.63) is 47.7 Å². The zero-order valence-corrected chi connectivity index (χ0v) is 22.6. The van der Waals surface area contributed by atoms with Gasteiger partial charge in [-0.2, -0.15) is 5.10 Å². The van der Waals surface area contributed by atoms with Gasteiger partial charge < -0.3 is 15.3 Å². The number of rotatable bonds is 8. The van der Waals surface area contributed by atoms with Crippen molar-refractivity contribution >= 4 is 35.0 Å². The van der Waals surface area contributed by atoms with Crippen molar-refractivity contribution < 1.29 is 9.90 Å². The Balaban J connectivity index is 1.56. The standard InChI is InChI=1S/C27H36N6O2S/c1-6-20(34)16-19-7-9-21(10-8-19)36-25-29-22(28-23-15-18(2)31-32-23)17-24(30-25)33-13-11-27(35,12-14-33)26(3,4)5/h7-10,15,17,35H,6,11-14,16H2,1-5H3,(H2,28,29,30,31,32). The quantitative estimate of drug-likeness (QED) is 0.352. The summed E-state index contributed by atoms with van der Waals surface area (Å²) < 4.78 is 0. The van der Waals surface area contributed by atoms with Crippen LogP contribution in [0.2, 0.25) is 0 Å². The van der Waals surface area contributed by atoms with Gasteiger partial charge >= 0.3 is 0 Å². The monoisotopic (exact) mass is 508 g/mol. The lowest BCUT2D eigenvalue weighted by Crippen LogP contribution is -2.52. The molecule has 0 bridgehead atoms. The van der Waals surface area contributed by atoms with Crippen LogP contribution in [-0.2, 0) is 11.2 Å². The fraction of sp³-hybridized carbons (Fsp3) is 0.481. The van der Waals surface area contributed by atoms with E-state index in [0.29, 0.717) is 42.5 Å². The van der Waals surface area contributed by atoms with E-state index in [-0.39, 0.29) is 11.2 Å². The maximum atomic E-state index is 11.8. The minimum atomic E-state index is -0.692. The van der Waals surface area contributed by atoms with Crippen molar-refractivity contribution in [2.75, 3.05) is 23.3 Å². The van der Waals surface area contributed by atoms with Crippen LogP contribution in [0.1, 0.15) is 58.2 Å². The molecule has 3 N–H and O–H groups in total. The molecule has 9 heteroatoms. The Morgan fingerprint density at radius 3 is 2.42 bits per heavy atom. The van der Waals surface area contributed by atoms with Crippen molar-refractivity contribution in [2.24, 2.45) is 5.41 Å². The van der Waals surface area contributed by atoms with Crippen LogP contribution in [0.5, 0.6) is 0 Å². The third-order valence-corrected chi connectivity index (χ3v) is 7.77. The molecule has 1 aliphatic rings. The van der Waals surface area contributed by atoms with Gasteiger partial charge in [-0.25, -0.2) is 9.97 Å². The van der Waals surface area contributed by atoms with Crippen LogP contribution in [0.15, 0.2) is 46.5 Å². The number of H-pyrrole nitrogens is 1. The lowest BCUT2D eigenvalue weighted by Gasteiger charge is -2.46. The Labute approximate surface area is 217 Å². The maximum absolute atomic E-state index is 11.8. The number of carbonyl (C=O) groups is 1. The predicted molar refractivity (Wildman–Crippen MR) is 144 cm³/mol. The summed E-state index contributed by atoms with van der Waals surface area (Å²) in [6.07, 6.45) is 2.37. The number of anilines is 3. The van der Waals surface area contributed by atoms with Crippen LogP contribution in [0.3, 0.4) is 0 Å². The minimum Gasteiger partial charge on any atom is -0.389 e. The van der Waals surface area contributed by atoms with Gasteiger partial charge in [-0.1, -0.05) is 39.8 Å². The second kappa shape index (κ2) is 10.6. The van der Waals surface area contributed by atoms with Gasteiger partial charge in [0.15, 0.2) is 11.0 Å². The van der Waals surface area contributed by atoms with Crippen molar-refractivity contribution in [2.45, 2.75) is 76.0 Å². The average Bonchev–Trinajstić information content (AvgIpc) is 3.24. The third-order valence-electron chi connectivity index (χ3n) is 6.89. The van der Waals surface area contributed by atoms with Crippen molar-refractivity contribution in [3.8, 4) is 0 Å². The predicted octanol–water partition coefficient (Wildman–Crippen LogP) is 5.30. The van der Waals surface area contributed by atoms with E-state index in [1.54, 1.807) is 0 Å². The number of nitrogens with one attached hydrogen (secondary N) is 2. The number of aliphatic hydroxyl groups is 1. The van der Waals surface area contributed by atoms with Crippen LogP contribution in [-0.4, -0.2) is 49.7 Å². The van der Waals surface area contributed by atoms with Gasteiger partial charge in [0, 0.05) is 48.7 Å². The normalized spacial score (nSPS) is 15.7. The molecular weight excluding hydrogens is 472 g/mol. The first-order valence-electron chi connectivity index (χ1n) is 12.5. The molecule has 4 rings (SSSR count). The largest absolute Gasteiger partial charge is 0.389 e. The van der Waals surface area contributed by atoms with E-state index in [9.17, 15) is 9.90 Å². The molecule has 1 aliphatic heterocycles. The molecule has 0 radical (unpaired) electrons. The zero-order valence-electron chi connectivity index (χ0n) is 21.8. The molecule has 1 fully saturated rings. The van der Waals surface area contributed by atoms with Gasteiger partial charge in [-0.05, 0) is 54.6 Å². The molecule has 0 aliphatic carbocycles. The van der Waals surface area contributed by atoms with Crippen LogP contribution >= 0.6 is 11.8 Å². The van der Waals surface area contributed by atoms with Crippen molar-refractivity contribution in [1.82, 2.24) is 20.2 Å². The Morgan fingerprint density at radius 1 is 1.14 bits per heavy atom. The third kappa shape index (κ3) is 6.25. The summed E-state index contributed by atoms with van der Waals surface area (Å²) in [6, 6.07) is 11.9. The highest BCUT2D eigenvalue weighted by atomic mass is 32.2. The molecule has 0 spiro atoms. The molecule has 1 aromatic carbocycles. The van der Waals surface area contributed by atoms with E-state index in [1.165, 1.54) is 11.8 Å². The van der Waals surface area contributed by atoms with Crippen LogP contribution < -0.4 is 10.2 Å². The molecular formula is C27H36N6O2S. The Bertz CT molecular complexity index is 1190. The highest BCUT2D eigenvalue weighted by molar-refractivity contribution is 7.99. The number of piperidine rings is 1. The maximum Gasteiger partial charge on any atom is 0.196 e. The average molecular weight is 509 g/mol. The number of benzene rings is 1. The smallest absolute Gasteiger partial charge is 0.196 e. The van der Waals surface area contributed by atoms with E-state index < -0.39 is 5.60 Å². The Kier molecular flexibility index (Phi) is 7.70. The molecule has 3 aromatic rings. The highest BCUT2D eigenvalue weighted by Crippen LogP contribution is 2.40. The van der Waals surface area contributed by atoms with Crippen LogP contribution in [0, 0.1) is 12.3 Å². The zero-order chi connectivity index (χ0) is 25.9. The molecule has 0 atom stereocenters. The molecule has 0 amide bonds. The Hall–Kier alpha value is -2.91. The number of nitrogens with zero attached hydrogens (tertiary/aromatic N) is 4. The second-order valence-electron chi connectivity index (χ2n) is 10.5. The molecule has 3 heterocycles. The first kappa shape index (κ1) is 26.2. The van der Waals surface area contributed by atoms with E-state index in [0.717, 1.165) is 35.1 Å². The summed E-state index contributed by atoms with van der Waals surface area (Å²) in [5, 5.41) is 22.3. The number of ketones is 1. The summed E-state index contributed by atoms with van der Waals surface area (Å²) in [6.45, 7) is 11.6. The van der Waals surface area contributed by atoms with Crippen LogP contribution in [0.4, 0.5) is 17.5 Å². The first-order chi connectivity index (χ1) is 17.0. The summed E-state index contributed by atoms with van der Waals surface area (Å²) in [5.74, 6) is 2.41. The van der Waals surface area contributed by atoms with E-state index in [4.69, 9.17) is 9.97 Å². The van der Waals surface area contributed by atoms with E-state index in [2.05, 4.69) is 41.2 Å². The van der Waals surface area contributed by atoms with E-state index >= 15 is 0 Å². The summed E-state index contributed by atoms with van der Waals surface area (Å²) in [7, 11) is 0. The fourth-order valence-electron chi connectivity index (χ4n) is 4.29.